The number of urea groups is 1. The van der Waals surface area contributed by atoms with E-state index in [1.54, 1.807) is 32.9 Å². The number of likely N-dealkylation sites (tertiary alicyclic amines) is 1. The third-order valence-corrected chi connectivity index (χ3v) is 11.4. The number of carbonyl (C=O) groups excluding carboxylic acids is 6. The third kappa shape index (κ3) is 12.9. The lowest BCUT2D eigenvalue weighted by Crippen LogP contribution is -2.60. The molecular formula is C39H52Cl2N6O6S. The highest BCUT2D eigenvalue weighted by atomic mass is 35.5. The Bertz CT molecular complexity index is 1630. The maximum absolute atomic E-state index is 14.4. The van der Waals surface area contributed by atoms with E-state index in [0.717, 1.165) is 35.7 Å². The van der Waals surface area contributed by atoms with Crippen LogP contribution in [0.4, 0.5) is 4.79 Å². The van der Waals surface area contributed by atoms with Crippen molar-refractivity contribution in [3.63, 3.8) is 0 Å². The number of carbonyl (C=O) groups is 6. The third-order valence-electron chi connectivity index (χ3n) is 9.83. The van der Waals surface area contributed by atoms with Crippen molar-refractivity contribution in [3.8, 4) is 0 Å². The molecule has 2 atom stereocenters. The lowest BCUT2D eigenvalue weighted by molar-refractivity contribution is -0.143. The molecule has 0 spiro atoms. The predicted octanol–water partition coefficient (Wildman–Crippen LogP) is 4.70. The lowest BCUT2D eigenvalue weighted by Gasteiger charge is -2.43. The molecule has 2 heterocycles. The number of hydrogen-bond donors (Lipinski definition) is 3. The van der Waals surface area contributed by atoms with Crippen molar-refractivity contribution in [3.05, 3.63) is 69.7 Å². The van der Waals surface area contributed by atoms with Crippen molar-refractivity contribution >= 4 is 69.7 Å². The molecule has 0 saturated carbocycles. The summed E-state index contributed by atoms with van der Waals surface area (Å²) in [6.45, 7) is 6.34. The second-order valence-electron chi connectivity index (χ2n) is 13.9. The van der Waals surface area contributed by atoms with Crippen LogP contribution < -0.4 is 16.0 Å². The Morgan fingerprint density at radius 2 is 1.56 bits per heavy atom. The Kier molecular flexibility index (Phi) is 17.0. The van der Waals surface area contributed by atoms with E-state index < -0.39 is 17.5 Å². The Labute approximate surface area is 332 Å². The smallest absolute Gasteiger partial charge is 0.318 e. The summed E-state index contributed by atoms with van der Waals surface area (Å²) in [5, 5.41) is 9.39. The predicted molar refractivity (Wildman–Crippen MR) is 212 cm³/mol. The van der Waals surface area contributed by atoms with Crippen molar-refractivity contribution < 1.29 is 28.8 Å². The molecule has 2 fully saturated rings. The molecule has 0 aliphatic carbocycles. The summed E-state index contributed by atoms with van der Waals surface area (Å²) in [5.74, 6) is -0.421. The maximum Gasteiger partial charge on any atom is 0.318 e. The van der Waals surface area contributed by atoms with Gasteiger partial charge in [0.25, 0.3) is 0 Å². The van der Waals surface area contributed by atoms with Crippen LogP contribution in [0.25, 0.3) is 0 Å². The van der Waals surface area contributed by atoms with Crippen LogP contribution in [0.2, 0.25) is 10.0 Å². The molecule has 0 radical (unpaired) electrons. The number of amides is 6. The molecule has 2 saturated heterocycles. The molecule has 294 valence electrons. The van der Waals surface area contributed by atoms with Crippen LogP contribution in [-0.4, -0.2) is 114 Å². The number of nitrogens with zero attached hydrogens (tertiary/aromatic N) is 3. The number of unbranched alkanes of at least 4 members (excludes halogenated alkanes) is 2. The summed E-state index contributed by atoms with van der Waals surface area (Å²) in [5.41, 5.74) is 0.918. The Morgan fingerprint density at radius 3 is 2.24 bits per heavy atom. The van der Waals surface area contributed by atoms with Crippen molar-refractivity contribution in [2.45, 2.75) is 71.3 Å². The molecule has 15 heteroatoms. The molecule has 3 N–H and O–H groups in total. The Hall–Kier alpha value is -3.81. The van der Waals surface area contributed by atoms with E-state index in [0.29, 0.717) is 88.0 Å². The highest BCUT2D eigenvalue weighted by Gasteiger charge is 2.44. The Morgan fingerprint density at radius 1 is 0.833 bits per heavy atom. The molecule has 2 aromatic rings. The number of thioether (sulfide) groups is 1. The molecule has 6 amide bonds. The molecule has 1 unspecified atom stereocenters. The fourth-order valence-electron chi connectivity index (χ4n) is 6.97. The van der Waals surface area contributed by atoms with Gasteiger partial charge in [0.1, 0.15) is 6.04 Å². The van der Waals surface area contributed by atoms with Gasteiger partial charge in [-0.25, -0.2) is 4.79 Å². The zero-order valence-corrected chi connectivity index (χ0v) is 33.5. The van der Waals surface area contributed by atoms with E-state index in [2.05, 4.69) is 16.0 Å². The van der Waals surface area contributed by atoms with Crippen LogP contribution in [0.5, 0.6) is 0 Å². The van der Waals surface area contributed by atoms with E-state index in [9.17, 15) is 28.8 Å². The number of piperazine rings is 1. The quantitative estimate of drug-likeness (QED) is 0.209. The first-order chi connectivity index (χ1) is 25.9. The molecule has 0 aromatic heterocycles. The van der Waals surface area contributed by atoms with Gasteiger partial charge in [-0.05, 0) is 62.3 Å². The SMILES string of the molecule is CCNC(=O)[C@]1(Cc2ccccc2)CCCN(C(=O)C(Cc2ccc(Cl)c(Cl)c2)NC(=O)N2CCN(C(=O)CCCCCNC(=O)CSC(C)=O)CC2)C1. The van der Waals surface area contributed by atoms with Crippen LogP contribution in [0, 0.1) is 5.41 Å². The molecule has 2 aromatic carbocycles. The highest BCUT2D eigenvalue weighted by molar-refractivity contribution is 8.14. The van der Waals surface area contributed by atoms with E-state index >= 15 is 0 Å². The minimum atomic E-state index is -0.936. The van der Waals surface area contributed by atoms with E-state index in [1.807, 2.05) is 37.3 Å². The molecule has 12 nitrogen and oxygen atoms in total. The van der Waals surface area contributed by atoms with Gasteiger partial charge in [0.2, 0.25) is 23.6 Å². The van der Waals surface area contributed by atoms with E-state index in [1.165, 1.54) is 6.92 Å². The number of piperidine rings is 1. The minimum absolute atomic E-state index is 0.0146. The molecule has 2 aliphatic heterocycles. The normalized spacial score (nSPS) is 17.7. The zero-order valence-electron chi connectivity index (χ0n) is 31.2. The first-order valence-electron chi connectivity index (χ1n) is 18.7. The number of benzene rings is 2. The van der Waals surface area contributed by atoms with Crippen LogP contribution in [0.15, 0.2) is 48.5 Å². The standard InChI is InChI=1S/C39H52Cl2N6O6S/c1-3-42-37(52)39(25-29-11-6-4-7-12-29)16-10-18-47(27-39)36(51)33(24-30-14-15-31(40)32(41)23-30)44-38(53)46-21-19-45(20-22-46)35(50)13-8-5-9-17-43-34(49)26-54-28(2)48/h4,6-7,11-12,14-15,23,33H,3,5,8-10,13,16-22,24-27H2,1-2H3,(H,42,52)(H,43,49)(H,44,53)/t33?,39-/m0/s1. The van der Waals surface area contributed by atoms with Crippen molar-refractivity contribution in [2.75, 3.05) is 58.1 Å². The molecule has 4 rings (SSSR count). The van der Waals surface area contributed by atoms with Crippen molar-refractivity contribution in [1.82, 2.24) is 30.7 Å². The van der Waals surface area contributed by atoms with Gasteiger partial charge < -0.3 is 30.7 Å². The number of halogens is 2. The zero-order chi connectivity index (χ0) is 39.1. The lowest BCUT2D eigenvalue weighted by atomic mass is 9.74. The van der Waals surface area contributed by atoms with Crippen LogP contribution in [0.1, 0.15) is 63.5 Å². The topological polar surface area (TPSA) is 148 Å². The maximum atomic E-state index is 14.4. The van der Waals surface area contributed by atoms with Crippen LogP contribution in [-0.2, 0) is 36.8 Å². The average molecular weight is 804 g/mol. The van der Waals surface area contributed by atoms with Gasteiger partial charge in [-0.2, -0.15) is 0 Å². The van der Waals surface area contributed by atoms with Gasteiger partial charge in [0.15, 0.2) is 5.12 Å². The minimum Gasteiger partial charge on any atom is -0.356 e. The number of rotatable bonds is 16. The average Bonchev–Trinajstić information content (AvgIpc) is 3.16. The van der Waals surface area contributed by atoms with Gasteiger partial charge in [0, 0.05) is 72.1 Å². The van der Waals surface area contributed by atoms with Gasteiger partial charge in [0.05, 0.1) is 21.2 Å². The monoisotopic (exact) mass is 802 g/mol. The van der Waals surface area contributed by atoms with Gasteiger partial charge in [-0.3, -0.25) is 24.0 Å². The molecule has 54 heavy (non-hydrogen) atoms. The summed E-state index contributed by atoms with van der Waals surface area (Å²) >= 11 is 13.5. The van der Waals surface area contributed by atoms with Gasteiger partial charge in [-0.15, -0.1) is 0 Å². The Balaban J connectivity index is 1.35. The molecule has 2 aliphatic rings. The second-order valence-corrected chi connectivity index (χ2v) is 15.9. The van der Waals surface area contributed by atoms with Crippen LogP contribution >= 0.6 is 35.0 Å². The molecule has 0 bridgehead atoms. The summed E-state index contributed by atoms with van der Waals surface area (Å²) < 4.78 is 0. The van der Waals surface area contributed by atoms with Gasteiger partial charge >= 0.3 is 6.03 Å². The summed E-state index contributed by atoms with van der Waals surface area (Å²) in [7, 11) is 0. The highest BCUT2D eigenvalue weighted by Crippen LogP contribution is 2.35. The van der Waals surface area contributed by atoms with Gasteiger partial charge in [-0.1, -0.05) is 77.8 Å². The number of hydrogen-bond acceptors (Lipinski definition) is 7. The summed E-state index contributed by atoms with van der Waals surface area (Å²) in [6.07, 6.45) is 4.48. The van der Waals surface area contributed by atoms with Crippen molar-refractivity contribution in [2.24, 2.45) is 5.41 Å². The largest absolute Gasteiger partial charge is 0.356 e. The van der Waals surface area contributed by atoms with E-state index in [-0.39, 0.29) is 47.5 Å². The molecular weight excluding hydrogens is 751 g/mol. The van der Waals surface area contributed by atoms with Crippen molar-refractivity contribution in [1.29, 1.82) is 0 Å². The fourth-order valence-corrected chi connectivity index (χ4v) is 7.73. The first kappa shape index (κ1) is 42.9. The number of nitrogens with one attached hydrogen (secondary N) is 3. The fraction of sp³-hybridized carbons (Fsp3) is 0.538. The first-order valence-corrected chi connectivity index (χ1v) is 20.4. The summed E-state index contributed by atoms with van der Waals surface area (Å²) in [6, 6.07) is 13.6. The second kappa shape index (κ2) is 21.3. The summed E-state index contributed by atoms with van der Waals surface area (Å²) in [4.78, 5) is 82.5. The van der Waals surface area contributed by atoms with Crippen LogP contribution in [0.3, 0.4) is 0 Å². The van der Waals surface area contributed by atoms with E-state index in [4.69, 9.17) is 23.2 Å².